The van der Waals surface area contributed by atoms with E-state index in [-0.39, 0.29) is 5.91 Å². The number of nitrogens with zero attached hydrogens (tertiary/aromatic N) is 1. The predicted octanol–water partition coefficient (Wildman–Crippen LogP) is 1.86. The first-order valence-electron chi connectivity index (χ1n) is 6.04. The highest BCUT2D eigenvalue weighted by Crippen LogP contribution is 2.22. The van der Waals surface area contributed by atoms with Crippen LogP contribution in [0, 0.1) is 5.92 Å². The first-order chi connectivity index (χ1) is 9.04. The molecule has 5 nitrogen and oxygen atoms in total. The zero-order valence-corrected chi connectivity index (χ0v) is 11.7. The Balaban J connectivity index is 2.94. The van der Waals surface area contributed by atoms with Gasteiger partial charge in [-0.05, 0) is 18.6 Å². The van der Waals surface area contributed by atoms with E-state index in [4.69, 9.17) is 4.74 Å². The zero-order chi connectivity index (χ0) is 14.4. The van der Waals surface area contributed by atoms with Crippen LogP contribution in [0.4, 0.5) is 5.69 Å². The number of esters is 1. The van der Waals surface area contributed by atoms with Crippen molar-refractivity contribution in [2.24, 2.45) is 5.92 Å². The van der Waals surface area contributed by atoms with Crippen LogP contribution in [0.3, 0.4) is 0 Å². The molecule has 0 fully saturated rings. The largest absolute Gasteiger partial charge is 0.497 e. The van der Waals surface area contributed by atoms with Crippen molar-refractivity contribution >= 4 is 17.6 Å². The predicted molar refractivity (Wildman–Crippen MR) is 72.2 cm³/mol. The van der Waals surface area contributed by atoms with Gasteiger partial charge in [0.05, 0.1) is 14.2 Å². The molecule has 0 radical (unpaired) electrons. The van der Waals surface area contributed by atoms with Gasteiger partial charge in [0.2, 0.25) is 5.91 Å². The summed E-state index contributed by atoms with van der Waals surface area (Å²) in [5, 5.41) is 0. The molecule has 1 aromatic rings. The fourth-order valence-electron chi connectivity index (χ4n) is 1.76. The second-order valence-electron chi connectivity index (χ2n) is 4.08. The van der Waals surface area contributed by atoms with E-state index in [1.165, 1.54) is 12.0 Å². The lowest BCUT2D eigenvalue weighted by Gasteiger charge is -2.22. The Morgan fingerprint density at radius 2 is 2.00 bits per heavy atom. The summed E-state index contributed by atoms with van der Waals surface area (Å²) in [5.74, 6) is -0.922. The van der Waals surface area contributed by atoms with Gasteiger partial charge in [-0.3, -0.25) is 9.59 Å². The van der Waals surface area contributed by atoms with Crippen molar-refractivity contribution in [3.05, 3.63) is 24.3 Å². The van der Waals surface area contributed by atoms with Gasteiger partial charge in [0.1, 0.15) is 11.7 Å². The van der Waals surface area contributed by atoms with Crippen molar-refractivity contribution in [2.45, 2.75) is 13.3 Å². The topological polar surface area (TPSA) is 55.8 Å². The standard InChI is InChI=1S/C14H19NO4/c1-5-12(14(17)19-4)13(16)15(2)10-7-6-8-11(9-10)18-3/h6-9,12H,5H2,1-4H3. The molecular formula is C14H19NO4. The Kier molecular flexibility index (Phi) is 5.36. The van der Waals surface area contributed by atoms with Crippen LogP contribution < -0.4 is 9.64 Å². The van der Waals surface area contributed by atoms with Crippen molar-refractivity contribution < 1.29 is 19.1 Å². The Morgan fingerprint density at radius 1 is 1.32 bits per heavy atom. The minimum Gasteiger partial charge on any atom is -0.497 e. The lowest BCUT2D eigenvalue weighted by atomic mass is 10.1. The van der Waals surface area contributed by atoms with E-state index in [2.05, 4.69) is 4.74 Å². The molecule has 1 atom stereocenters. The molecule has 1 rings (SSSR count). The number of rotatable bonds is 5. The Morgan fingerprint density at radius 3 is 2.53 bits per heavy atom. The van der Waals surface area contributed by atoms with Crippen molar-refractivity contribution in [3.63, 3.8) is 0 Å². The molecule has 0 heterocycles. The van der Waals surface area contributed by atoms with Crippen LogP contribution in [-0.4, -0.2) is 33.1 Å². The van der Waals surface area contributed by atoms with Gasteiger partial charge in [-0.15, -0.1) is 0 Å². The van der Waals surface area contributed by atoms with E-state index in [9.17, 15) is 9.59 Å². The van der Waals surface area contributed by atoms with Gasteiger partial charge in [0.15, 0.2) is 0 Å². The van der Waals surface area contributed by atoms with Gasteiger partial charge in [0.25, 0.3) is 0 Å². The number of hydrogen-bond donors (Lipinski definition) is 0. The lowest BCUT2D eigenvalue weighted by molar-refractivity contribution is -0.149. The maximum atomic E-state index is 12.3. The second-order valence-corrected chi connectivity index (χ2v) is 4.08. The van der Waals surface area contributed by atoms with Crippen LogP contribution in [0.25, 0.3) is 0 Å². The molecule has 0 bridgehead atoms. The van der Waals surface area contributed by atoms with Crippen LogP contribution in [0.5, 0.6) is 5.75 Å². The van der Waals surface area contributed by atoms with E-state index in [0.29, 0.717) is 17.9 Å². The van der Waals surface area contributed by atoms with Crippen LogP contribution in [0.2, 0.25) is 0 Å². The molecule has 0 spiro atoms. The summed E-state index contributed by atoms with van der Waals surface area (Å²) in [4.78, 5) is 25.2. The molecule has 0 N–H and O–H groups in total. The summed E-state index contributed by atoms with van der Waals surface area (Å²) < 4.78 is 9.75. The highest BCUT2D eigenvalue weighted by molar-refractivity contribution is 6.05. The number of methoxy groups -OCH3 is 2. The third-order valence-electron chi connectivity index (χ3n) is 2.96. The molecule has 0 saturated carbocycles. The molecule has 19 heavy (non-hydrogen) atoms. The van der Waals surface area contributed by atoms with E-state index >= 15 is 0 Å². The Labute approximate surface area is 113 Å². The summed E-state index contributed by atoms with van der Waals surface area (Å²) >= 11 is 0. The highest BCUT2D eigenvalue weighted by Gasteiger charge is 2.29. The molecule has 1 unspecified atom stereocenters. The Bertz CT molecular complexity index is 459. The normalized spacial score (nSPS) is 11.6. The van der Waals surface area contributed by atoms with Crippen molar-refractivity contribution in [2.75, 3.05) is 26.2 Å². The van der Waals surface area contributed by atoms with E-state index in [1.54, 1.807) is 45.3 Å². The van der Waals surface area contributed by atoms with Gasteiger partial charge in [-0.2, -0.15) is 0 Å². The Hall–Kier alpha value is -2.04. The molecule has 1 amide bonds. The lowest BCUT2D eigenvalue weighted by Crippen LogP contribution is -2.37. The molecule has 104 valence electrons. The first-order valence-corrected chi connectivity index (χ1v) is 6.04. The summed E-state index contributed by atoms with van der Waals surface area (Å²) in [5.41, 5.74) is 0.673. The van der Waals surface area contributed by atoms with Crippen molar-refractivity contribution in [1.29, 1.82) is 0 Å². The minimum atomic E-state index is -0.777. The van der Waals surface area contributed by atoms with Crippen molar-refractivity contribution in [3.8, 4) is 5.75 Å². The number of carbonyl (C=O) groups is 2. The summed E-state index contributed by atoms with van der Waals surface area (Å²) in [6.07, 6.45) is 0.403. The SMILES string of the molecule is CCC(C(=O)OC)C(=O)N(C)c1cccc(OC)c1. The van der Waals surface area contributed by atoms with Gasteiger partial charge in [-0.25, -0.2) is 0 Å². The van der Waals surface area contributed by atoms with Gasteiger partial charge in [-0.1, -0.05) is 13.0 Å². The number of amides is 1. The number of anilines is 1. The van der Waals surface area contributed by atoms with Crippen LogP contribution >= 0.6 is 0 Å². The summed E-state index contributed by atoms with van der Waals surface area (Å²) in [6, 6.07) is 7.10. The van der Waals surface area contributed by atoms with Gasteiger partial charge < -0.3 is 14.4 Å². The molecule has 1 aromatic carbocycles. The molecule has 0 aromatic heterocycles. The van der Waals surface area contributed by atoms with Crippen LogP contribution in [-0.2, 0) is 14.3 Å². The monoisotopic (exact) mass is 265 g/mol. The quantitative estimate of drug-likeness (QED) is 0.602. The third-order valence-corrected chi connectivity index (χ3v) is 2.96. The fourth-order valence-corrected chi connectivity index (χ4v) is 1.76. The molecule has 5 heteroatoms. The molecule has 0 aliphatic heterocycles. The average molecular weight is 265 g/mol. The highest BCUT2D eigenvalue weighted by atomic mass is 16.5. The van der Waals surface area contributed by atoms with Gasteiger partial charge >= 0.3 is 5.97 Å². The van der Waals surface area contributed by atoms with Crippen LogP contribution in [0.15, 0.2) is 24.3 Å². The summed E-state index contributed by atoms with van der Waals surface area (Å²) in [7, 11) is 4.47. The second kappa shape index (κ2) is 6.78. The smallest absolute Gasteiger partial charge is 0.318 e. The minimum absolute atomic E-state index is 0.289. The maximum Gasteiger partial charge on any atom is 0.318 e. The number of carbonyl (C=O) groups excluding carboxylic acids is 2. The number of benzene rings is 1. The van der Waals surface area contributed by atoms with E-state index in [0.717, 1.165) is 0 Å². The molecule has 0 aliphatic carbocycles. The summed E-state index contributed by atoms with van der Waals surface area (Å²) in [6.45, 7) is 1.78. The van der Waals surface area contributed by atoms with E-state index < -0.39 is 11.9 Å². The first kappa shape index (κ1) is 15.0. The van der Waals surface area contributed by atoms with Crippen molar-refractivity contribution in [1.82, 2.24) is 0 Å². The third kappa shape index (κ3) is 3.47. The van der Waals surface area contributed by atoms with E-state index in [1.807, 2.05) is 0 Å². The zero-order valence-electron chi connectivity index (χ0n) is 11.7. The fraction of sp³-hybridized carbons (Fsp3) is 0.429. The molecular weight excluding hydrogens is 246 g/mol. The molecule has 0 saturated heterocycles. The maximum absolute atomic E-state index is 12.3. The van der Waals surface area contributed by atoms with Crippen LogP contribution in [0.1, 0.15) is 13.3 Å². The average Bonchev–Trinajstić information content (AvgIpc) is 2.46. The number of ether oxygens (including phenoxy) is 2. The number of hydrogen-bond acceptors (Lipinski definition) is 4. The molecule has 0 aliphatic rings. The van der Waals surface area contributed by atoms with Gasteiger partial charge in [0, 0.05) is 18.8 Å².